The minimum atomic E-state index is -2.55. The lowest BCUT2D eigenvalue weighted by molar-refractivity contribution is 0.372. The second-order valence-electron chi connectivity index (χ2n) is 5.42. The Morgan fingerprint density at radius 3 is 2.04 bits per heavy atom. The minimum absolute atomic E-state index is 0.512. The Kier molecular flexibility index (Phi) is 6.87. The second-order valence-corrected chi connectivity index (χ2v) is 8.47. The molecule has 0 bridgehead atoms. The van der Waals surface area contributed by atoms with E-state index < -0.39 is 8.32 Å². The van der Waals surface area contributed by atoms with E-state index in [4.69, 9.17) is 4.43 Å². The monoisotopic (exact) mass is 320 g/mol. The van der Waals surface area contributed by atoms with Crippen molar-refractivity contribution >= 4 is 18.7 Å². The first kappa shape index (κ1) is 17.3. The van der Waals surface area contributed by atoms with E-state index in [0.29, 0.717) is 6.61 Å². The highest BCUT2D eigenvalue weighted by Gasteiger charge is 2.38. The molecular weight excluding hydrogens is 296 g/mol. The molecule has 118 valence electrons. The first-order valence-corrected chi connectivity index (χ1v) is 10.1. The van der Waals surface area contributed by atoms with E-state index in [2.05, 4.69) is 73.5 Å². The van der Waals surface area contributed by atoms with Crippen LogP contribution in [-0.4, -0.2) is 14.9 Å². The van der Waals surface area contributed by atoms with Crippen molar-refractivity contribution in [1.29, 1.82) is 0 Å². The third kappa shape index (κ3) is 4.45. The van der Waals surface area contributed by atoms with E-state index in [9.17, 15) is 0 Å². The third-order valence-electron chi connectivity index (χ3n) is 3.70. The zero-order chi connectivity index (χ0) is 16.4. The van der Waals surface area contributed by atoms with Gasteiger partial charge in [0.05, 0.1) is 6.61 Å². The Bertz CT molecular complexity index is 613. The maximum Gasteiger partial charge on any atom is 0.337 e. The average Bonchev–Trinajstić information content (AvgIpc) is 2.63. The van der Waals surface area contributed by atoms with Gasteiger partial charge in [0.1, 0.15) is 0 Å². The summed E-state index contributed by atoms with van der Waals surface area (Å²) in [5.41, 5.74) is 3.55. The van der Waals surface area contributed by atoms with Crippen LogP contribution >= 0.6 is 0 Å². The van der Waals surface area contributed by atoms with E-state index in [1.54, 1.807) is 6.08 Å². The summed E-state index contributed by atoms with van der Waals surface area (Å²) in [6.07, 6.45) is 5.01. The van der Waals surface area contributed by atoms with Crippen LogP contribution in [0.2, 0.25) is 0 Å². The second kappa shape index (κ2) is 9.15. The average molecular weight is 321 g/mol. The summed E-state index contributed by atoms with van der Waals surface area (Å²) >= 11 is 0. The molecule has 2 heteroatoms. The number of unbranched alkanes of at least 4 members (excludes halogenated alkanes) is 2. The summed E-state index contributed by atoms with van der Waals surface area (Å²) in [5, 5.41) is 2.38. The van der Waals surface area contributed by atoms with Gasteiger partial charge in [-0.1, -0.05) is 85.6 Å². The first-order chi connectivity index (χ1) is 11.3. The topological polar surface area (TPSA) is 9.23 Å². The molecule has 0 atom stereocenters. The molecule has 2 aromatic rings. The van der Waals surface area contributed by atoms with Crippen LogP contribution in [0.25, 0.3) is 0 Å². The van der Waals surface area contributed by atoms with Gasteiger partial charge in [-0.25, -0.2) is 0 Å². The maximum absolute atomic E-state index is 6.38. The molecule has 2 aromatic carbocycles. The highest BCUT2D eigenvalue weighted by Crippen LogP contribution is 2.08. The van der Waals surface area contributed by atoms with Crippen molar-refractivity contribution in [2.45, 2.75) is 26.2 Å². The standard InChI is InChI=1S/C21H24OSi/c1-3-5-6-13-19-23(22-18-4-2,20-14-9-7-10-15-20)21-16-11-8-12-17-21/h4,7-12,14-17H,2-3,5-6,18H2,1H3. The lowest BCUT2D eigenvalue weighted by Gasteiger charge is -2.26. The van der Waals surface area contributed by atoms with E-state index in [-0.39, 0.29) is 0 Å². The molecular formula is C21H24OSi. The molecule has 0 fully saturated rings. The molecule has 0 unspecified atom stereocenters. The smallest absolute Gasteiger partial charge is 0.337 e. The molecule has 0 spiro atoms. The quantitative estimate of drug-likeness (QED) is 0.327. The van der Waals surface area contributed by atoms with Gasteiger partial charge in [0, 0.05) is 6.42 Å². The first-order valence-electron chi connectivity index (χ1n) is 8.19. The molecule has 0 aliphatic carbocycles. The van der Waals surface area contributed by atoms with Crippen molar-refractivity contribution in [1.82, 2.24) is 0 Å². The van der Waals surface area contributed by atoms with Crippen molar-refractivity contribution in [2.75, 3.05) is 6.61 Å². The molecule has 0 amide bonds. The fraction of sp³-hybridized carbons (Fsp3) is 0.238. The Labute approximate surface area is 141 Å². The number of hydrogen-bond acceptors (Lipinski definition) is 1. The molecule has 0 saturated heterocycles. The fourth-order valence-electron chi connectivity index (χ4n) is 2.50. The van der Waals surface area contributed by atoms with Crippen LogP contribution in [0.4, 0.5) is 0 Å². The van der Waals surface area contributed by atoms with E-state index in [1.807, 2.05) is 12.1 Å². The van der Waals surface area contributed by atoms with Gasteiger partial charge in [-0.15, -0.1) is 12.5 Å². The normalized spacial score (nSPS) is 10.7. The van der Waals surface area contributed by atoms with Gasteiger partial charge < -0.3 is 4.43 Å². The van der Waals surface area contributed by atoms with Crippen LogP contribution in [0.15, 0.2) is 73.3 Å². The molecule has 23 heavy (non-hydrogen) atoms. The van der Waals surface area contributed by atoms with Crippen LogP contribution in [-0.2, 0) is 4.43 Å². The van der Waals surface area contributed by atoms with Gasteiger partial charge in [-0.2, -0.15) is 0 Å². The number of benzene rings is 2. The molecule has 0 heterocycles. The molecule has 0 N–H and O–H groups in total. The minimum Gasteiger partial charge on any atom is -0.395 e. The molecule has 0 saturated carbocycles. The highest BCUT2D eigenvalue weighted by molar-refractivity contribution is 7.03. The Hall–Kier alpha value is -2.08. The number of rotatable bonds is 7. The van der Waals surface area contributed by atoms with Gasteiger partial charge in [0.15, 0.2) is 0 Å². The summed E-state index contributed by atoms with van der Waals surface area (Å²) in [4.78, 5) is 0. The lowest BCUT2D eigenvalue weighted by atomic mass is 10.3. The maximum atomic E-state index is 6.38. The molecule has 0 aromatic heterocycles. The van der Waals surface area contributed by atoms with Crippen molar-refractivity contribution in [3.63, 3.8) is 0 Å². The molecule has 0 radical (unpaired) electrons. The fourth-order valence-corrected chi connectivity index (χ4v) is 5.59. The van der Waals surface area contributed by atoms with E-state index >= 15 is 0 Å². The van der Waals surface area contributed by atoms with Crippen molar-refractivity contribution in [3.05, 3.63) is 73.3 Å². The van der Waals surface area contributed by atoms with Crippen molar-refractivity contribution in [2.24, 2.45) is 0 Å². The molecule has 0 aliphatic heterocycles. The van der Waals surface area contributed by atoms with E-state index in [1.165, 1.54) is 10.4 Å². The molecule has 2 rings (SSSR count). The Morgan fingerprint density at radius 2 is 1.57 bits per heavy atom. The summed E-state index contributed by atoms with van der Waals surface area (Å²) in [5.74, 6) is 3.39. The van der Waals surface area contributed by atoms with Crippen molar-refractivity contribution < 1.29 is 4.43 Å². The zero-order valence-corrected chi connectivity index (χ0v) is 14.8. The number of hydrogen-bond donors (Lipinski definition) is 0. The van der Waals surface area contributed by atoms with Gasteiger partial charge in [-0.05, 0) is 16.8 Å². The van der Waals surface area contributed by atoms with Gasteiger partial charge in [0.2, 0.25) is 0 Å². The summed E-state index contributed by atoms with van der Waals surface area (Å²) in [6, 6.07) is 20.9. The highest BCUT2D eigenvalue weighted by atomic mass is 28.4. The van der Waals surface area contributed by atoms with Crippen molar-refractivity contribution in [3.8, 4) is 11.5 Å². The van der Waals surface area contributed by atoms with Crippen LogP contribution < -0.4 is 10.4 Å². The van der Waals surface area contributed by atoms with Crippen LogP contribution in [0, 0.1) is 11.5 Å². The van der Waals surface area contributed by atoms with E-state index in [0.717, 1.165) is 19.3 Å². The van der Waals surface area contributed by atoms with Crippen LogP contribution in [0.3, 0.4) is 0 Å². The van der Waals surface area contributed by atoms with Gasteiger partial charge >= 0.3 is 8.32 Å². The summed E-state index contributed by atoms with van der Waals surface area (Å²) < 4.78 is 6.38. The Balaban J connectivity index is 2.52. The summed E-state index contributed by atoms with van der Waals surface area (Å²) in [7, 11) is -2.55. The predicted octanol–water partition coefficient (Wildman–Crippen LogP) is 3.68. The third-order valence-corrected chi connectivity index (χ3v) is 7.12. The van der Waals surface area contributed by atoms with Gasteiger partial charge in [0.25, 0.3) is 0 Å². The van der Waals surface area contributed by atoms with Gasteiger partial charge in [-0.3, -0.25) is 0 Å². The molecule has 1 nitrogen and oxygen atoms in total. The Morgan fingerprint density at radius 1 is 1.00 bits per heavy atom. The zero-order valence-electron chi connectivity index (χ0n) is 13.8. The predicted molar refractivity (Wildman–Crippen MR) is 101 cm³/mol. The SMILES string of the molecule is C=CCO[Si](C#CCCCC)(c1ccccc1)c1ccccc1. The summed E-state index contributed by atoms with van der Waals surface area (Å²) in [6.45, 7) is 6.51. The molecule has 0 aliphatic rings. The largest absolute Gasteiger partial charge is 0.395 e. The lowest BCUT2D eigenvalue weighted by Crippen LogP contribution is -2.60. The van der Waals surface area contributed by atoms with Crippen LogP contribution in [0.1, 0.15) is 26.2 Å². The van der Waals surface area contributed by atoms with Crippen LogP contribution in [0.5, 0.6) is 0 Å².